The summed E-state index contributed by atoms with van der Waals surface area (Å²) in [5.41, 5.74) is 0. The van der Waals surface area contributed by atoms with Crippen molar-refractivity contribution in [3.05, 3.63) is 0 Å². The van der Waals surface area contributed by atoms with E-state index in [0.717, 1.165) is 0 Å². The Bertz CT molecular complexity index is 73.3. The zero-order chi connectivity index (χ0) is 4.24. The van der Waals surface area contributed by atoms with Crippen molar-refractivity contribution in [3.63, 3.8) is 0 Å². The molecule has 6 heavy (non-hydrogen) atoms. The normalized spacial score (nSPS) is 16.0. The van der Waals surface area contributed by atoms with Crippen LogP contribution in [0.5, 0.6) is 0 Å². The van der Waals surface area contributed by atoms with Gasteiger partial charge in [-0.25, -0.2) is 0 Å². The van der Waals surface area contributed by atoms with Gasteiger partial charge in [-0.05, 0) is 0 Å². The van der Waals surface area contributed by atoms with E-state index < -0.39 is 0 Å². The Balaban J connectivity index is 2.77. The van der Waals surface area contributed by atoms with Gasteiger partial charge in [-0.3, -0.25) is 0 Å². The Morgan fingerprint density at radius 1 is 1.00 bits per heavy atom. The Labute approximate surface area is 47.3 Å². The molecule has 0 bridgehead atoms. The third kappa shape index (κ3) is 1.60. The summed E-state index contributed by atoms with van der Waals surface area (Å²) in [5, 5.41) is 2.48. The molecule has 0 aromatic heterocycles. The lowest BCUT2D eigenvalue weighted by Crippen LogP contribution is -2.07. The van der Waals surface area contributed by atoms with Crippen LogP contribution in [0.15, 0.2) is 0 Å². The maximum absolute atomic E-state index is 2.48. The highest BCUT2D eigenvalue weighted by Crippen LogP contribution is 1.35. The van der Waals surface area contributed by atoms with E-state index in [4.69, 9.17) is 0 Å². The minimum atomic E-state index is 1.24. The van der Waals surface area contributed by atoms with Crippen LogP contribution in [-0.2, 0) is 0 Å². The van der Waals surface area contributed by atoms with Crippen LogP contribution in [0.3, 0.4) is 0 Å². The van der Waals surface area contributed by atoms with Crippen LogP contribution in [0.4, 0.5) is 0 Å². The smallest absolute Gasteiger partial charge is 0.0190 e. The van der Waals surface area contributed by atoms with Gasteiger partial charge >= 0.3 is 0 Å². The molecule has 1 rings (SSSR count). The molecule has 5 heteroatoms. The fraction of sp³-hybridized carbons (Fsp3) is 0. The minimum absolute atomic E-state index is 1.24. The predicted molar refractivity (Wildman–Crippen MR) is 34.8 cm³/mol. The largest absolute Gasteiger partial charge is 0.0999 e. The molecule has 0 nitrogen and oxygen atoms in total. The standard InChI is InChI=1S/CHSi5/c1-2-4-6-5-3-1/h1H. The van der Waals surface area contributed by atoms with E-state index in [0.29, 0.717) is 0 Å². The third-order valence-corrected chi connectivity index (χ3v) is 17.9. The summed E-state index contributed by atoms with van der Waals surface area (Å²) < 4.78 is 0. The molecule has 0 aliphatic carbocycles. The van der Waals surface area contributed by atoms with E-state index >= 15 is 0 Å². The van der Waals surface area contributed by atoms with Crippen molar-refractivity contribution >= 4 is 46.9 Å². The van der Waals surface area contributed by atoms with E-state index in [-0.39, 0.29) is 0 Å². The molecule has 0 spiro atoms. The summed E-state index contributed by atoms with van der Waals surface area (Å²) >= 11 is 0. The van der Waals surface area contributed by atoms with Crippen LogP contribution < -0.4 is 0 Å². The Morgan fingerprint density at radius 3 is 2.17 bits per heavy atom. The first-order valence-electron chi connectivity index (χ1n) is 1.58. The molecule has 0 fully saturated rings. The highest BCUT2D eigenvalue weighted by Gasteiger charge is 1.70. The van der Waals surface area contributed by atoms with Crippen molar-refractivity contribution in [3.8, 4) is 0 Å². The van der Waals surface area contributed by atoms with Crippen molar-refractivity contribution in [2.75, 3.05) is 0 Å². The Kier molecular flexibility index (Phi) is 2.57. The van der Waals surface area contributed by atoms with Gasteiger partial charge in [0.2, 0.25) is 0 Å². The molecule has 0 aromatic carbocycles. The maximum Gasteiger partial charge on any atom is 0.0190 e. The van der Waals surface area contributed by atoms with Gasteiger partial charge in [0.15, 0.2) is 0 Å². The van der Waals surface area contributed by atoms with Gasteiger partial charge in [-0.2, -0.15) is 0 Å². The van der Waals surface area contributed by atoms with E-state index in [9.17, 15) is 0 Å². The van der Waals surface area contributed by atoms with Gasteiger partial charge in [0, 0.05) is 41.7 Å². The van der Waals surface area contributed by atoms with Crippen LogP contribution in [0, 0.1) is 0 Å². The summed E-state index contributed by atoms with van der Waals surface area (Å²) in [4.78, 5) is 0. The first-order chi connectivity index (χ1) is 3.00. The van der Waals surface area contributed by atoms with E-state index in [1.54, 1.807) is 0 Å². The fourth-order valence-corrected chi connectivity index (χ4v) is 22.2. The zero-order valence-electron chi connectivity index (χ0n) is 3.08. The van der Waals surface area contributed by atoms with Gasteiger partial charge in [0.05, 0.1) is 0 Å². The zero-order valence-corrected chi connectivity index (χ0v) is 8.08. The molecule has 1 heterocycles. The summed E-state index contributed by atoms with van der Waals surface area (Å²) in [6.45, 7) is 0. The van der Waals surface area contributed by atoms with Crippen LogP contribution in [0.1, 0.15) is 0 Å². The number of rotatable bonds is 0. The van der Waals surface area contributed by atoms with Crippen molar-refractivity contribution in [1.29, 1.82) is 0 Å². The second-order valence-corrected chi connectivity index (χ2v) is 14.0. The molecule has 25 valence electrons. The first kappa shape index (κ1) is 5.10. The van der Waals surface area contributed by atoms with Gasteiger partial charge in [-0.15, -0.1) is 0 Å². The summed E-state index contributed by atoms with van der Waals surface area (Å²) in [6, 6.07) is 0. The Hall–Kier alpha value is 0.954. The van der Waals surface area contributed by atoms with Crippen molar-refractivity contribution < 1.29 is 0 Å². The second kappa shape index (κ2) is 3.02. The Morgan fingerprint density at radius 2 is 2.00 bits per heavy atom. The average molecular weight is 153 g/mol. The first-order valence-corrected chi connectivity index (χ1v) is 10.7. The fourth-order valence-electron chi connectivity index (χ4n) is 0.212. The highest BCUT2D eigenvalue weighted by molar-refractivity contribution is 7.38. The average Bonchev–Trinajstić information content (AvgIpc) is 1.72. The molecule has 0 amide bonds. The second-order valence-electron chi connectivity index (χ2n) is 0.808. The molecule has 0 unspecified atom stereocenters. The minimum Gasteiger partial charge on any atom is -0.0999 e. The third-order valence-electron chi connectivity index (χ3n) is 0.414. The topological polar surface area (TPSA) is 0 Å². The van der Waals surface area contributed by atoms with Crippen LogP contribution in [0.2, 0.25) is 0 Å². The van der Waals surface area contributed by atoms with Gasteiger partial charge in [-0.1, -0.05) is 5.30 Å². The summed E-state index contributed by atoms with van der Waals surface area (Å²) in [6.07, 6.45) is 0. The quantitative estimate of drug-likeness (QED) is 0.351. The summed E-state index contributed by atoms with van der Waals surface area (Å²) in [7, 11) is 6.46. The van der Waals surface area contributed by atoms with Crippen molar-refractivity contribution in [2.24, 2.45) is 0 Å². The van der Waals surface area contributed by atoms with Crippen molar-refractivity contribution in [1.82, 2.24) is 0 Å². The lowest BCUT2D eigenvalue weighted by Gasteiger charge is -1.72. The van der Waals surface area contributed by atoms with E-state index in [1.807, 2.05) is 0 Å². The molecule has 0 atom stereocenters. The molecule has 5 radical (unpaired) electrons. The number of hydrogen-bond donors (Lipinski definition) is 0. The molecule has 0 N–H and O–H groups in total. The molecule has 0 aromatic rings. The van der Waals surface area contributed by atoms with E-state index in [2.05, 4.69) is 5.30 Å². The van der Waals surface area contributed by atoms with Gasteiger partial charge in [0.1, 0.15) is 0 Å². The molecule has 1 aliphatic rings. The van der Waals surface area contributed by atoms with Crippen LogP contribution in [-0.4, -0.2) is 46.9 Å². The lowest BCUT2D eigenvalue weighted by molar-refractivity contribution is 3.85. The number of hydrogen-bond acceptors (Lipinski definition) is 0. The predicted octanol–water partition coefficient (Wildman–Crippen LogP) is -2.06. The highest BCUT2D eigenvalue weighted by atomic mass is 29.6. The summed E-state index contributed by atoms with van der Waals surface area (Å²) in [5.74, 6) is 0. The molecule has 0 saturated carbocycles. The molecular formula is CHSi5. The molecular weight excluding hydrogens is 152 g/mol. The van der Waals surface area contributed by atoms with Gasteiger partial charge < -0.3 is 0 Å². The van der Waals surface area contributed by atoms with Crippen molar-refractivity contribution in [2.45, 2.75) is 0 Å². The van der Waals surface area contributed by atoms with E-state index in [1.165, 1.54) is 41.7 Å². The monoisotopic (exact) mass is 153 g/mol. The maximum atomic E-state index is 2.48. The van der Waals surface area contributed by atoms with Crippen LogP contribution >= 0.6 is 0 Å². The SMILES string of the molecule is C1=[Si][Si]=[Si][Si]=[Si]1. The van der Waals surface area contributed by atoms with Gasteiger partial charge in [0.25, 0.3) is 0 Å². The molecule has 0 saturated heterocycles. The van der Waals surface area contributed by atoms with Crippen LogP contribution in [0.25, 0.3) is 0 Å². The molecule has 1 aliphatic heterocycles. The lowest BCUT2D eigenvalue weighted by atomic mass is 11.9.